The molecule has 0 amide bonds. The molecule has 1 aliphatic carbocycles. The summed E-state index contributed by atoms with van der Waals surface area (Å²) in [6, 6.07) is 10.0. The molecule has 1 aliphatic rings. The molecule has 21 heavy (non-hydrogen) atoms. The fourth-order valence-electron chi connectivity index (χ4n) is 3.10. The molecule has 1 aromatic heterocycles. The Morgan fingerprint density at radius 1 is 1.24 bits per heavy atom. The van der Waals surface area contributed by atoms with Gasteiger partial charge in [-0.3, -0.25) is 0 Å². The van der Waals surface area contributed by atoms with Crippen LogP contribution in [0.25, 0.3) is 10.9 Å². The predicted octanol–water partition coefficient (Wildman–Crippen LogP) is 3.86. The fraction of sp³-hybridized carbons (Fsp3) is 0.500. The average Bonchev–Trinajstić information content (AvgIpc) is 2.43. The standard InChI is InChI=1S/C18H23NO2/c1-12-7-8-13-5-4-6-15(17(13)19-12)21-16-11-18(2,3)10-9-14(16)20/h4-8,14,16,20H,9-11H2,1-3H3. The summed E-state index contributed by atoms with van der Waals surface area (Å²) in [5, 5.41) is 11.3. The van der Waals surface area contributed by atoms with Crippen molar-refractivity contribution in [1.82, 2.24) is 4.98 Å². The molecule has 1 aromatic carbocycles. The fourth-order valence-corrected chi connectivity index (χ4v) is 3.10. The van der Waals surface area contributed by atoms with Gasteiger partial charge in [-0.15, -0.1) is 0 Å². The van der Waals surface area contributed by atoms with Gasteiger partial charge in [0.2, 0.25) is 0 Å². The average molecular weight is 285 g/mol. The first-order chi connectivity index (χ1) is 9.94. The summed E-state index contributed by atoms with van der Waals surface area (Å²) < 4.78 is 6.16. The van der Waals surface area contributed by atoms with Gasteiger partial charge in [0, 0.05) is 11.1 Å². The molecule has 112 valence electrons. The molecule has 3 heteroatoms. The van der Waals surface area contributed by atoms with Crippen LogP contribution in [0.1, 0.15) is 38.8 Å². The number of aliphatic hydroxyl groups excluding tert-OH is 1. The van der Waals surface area contributed by atoms with Crippen LogP contribution in [0.2, 0.25) is 0 Å². The minimum absolute atomic E-state index is 0.151. The molecule has 0 bridgehead atoms. The number of aromatic nitrogens is 1. The first-order valence-electron chi connectivity index (χ1n) is 7.66. The van der Waals surface area contributed by atoms with Crippen LogP contribution in [0.15, 0.2) is 30.3 Å². The summed E-state index contributed by atoms with van der Waals surface area (Å²) in [7, 11) is 0. The minimum Gasteiger partial charge on any atom is -0.485 e. The normalized spacial score (nSPS) is 25.0. The second kappa shape index (κ2) is 5.30. The number of ether oxygens (including phenoxy) is 1. The predicted molar refractivity (Wildman–Crippen MR) is 84.5 cm³/mol. The van der Waals surface area contributed by atoms with E-state index >= 15 is 0 Å². The zero-order valence-corrected chi connectivity index (χ0v) is 13.0. The number of fused-ring (bicyclic) bond motifs is 1. The van der Waals surface area contributed by atoms with Crippen molar-refractivity contribution in [3.8, 4) is 5.75 Å². The van der Waals surface area contributed by atoms with Crippen molar-refractivity contribution in [1.29, 1.82) is 0 Å². The second-order valence-corrected chi connectivity index (χ2v) is 6.91. The third kappa shape index (κ3) is 3.03. The van der Waals surface area contributed by atoms with Crippen molar-refractivity contribution in [2.75, 3.05) is 0 Å². The smallest absolute Gasteiger partial charge is 0.146 e. The highest BCUT2D eigenvalue weighted by molar-refractivity contribution is 5.84. The van der Waals surface area contributed by atoms with Crippen LogP contribution < -0.4 is 4.74 Å². The summed E-state index contributed by atoms with van der Waals surface area (Å²) in [6.45, 7) is 6.45. The molecular formula is C18H23NO2. The first-order valence-corrected chi connectivity index (χ1v) is 7.66. The summed E-state index contributed by atoms with van der Waals surface area (Å²) in [6.07, 6.45) is 2.17. The molecule has 0 saturated heterocycles. The summed E-state index contributed by atoms with van der Waals surface area (Å²) in [5.41, 5.74) is 2.08. The van der Waals surface area contributed by atoms with E-state index in [1.807, 2.05) is 31.2 Å². The molecule has 1 N–H and O–H groups in total. The van der Waals surface area contributed by atoms with Crippen molar-refractivity contribution in [2.24, 2.45) is 5.41 Å². The molecular weight excluding hydrogens is 262 g/mol. The Kier molecular flexibility index (Phi) is 3.62. The number of rotatable bonds is 2. The van der Waals surface area contributed by atoms with E-state index in [4.69, 9.17) is 4.74 Å². The van der Waals surface area contributed by atoms with Crippen LogP contribution in [0.5, 0.6) is 5.75 Å². The molecule has 2 unspecified atom stereocenters. The molecule has 0 radical (unpaired) electrons. The van der Waals surface area contributed by atoms with Crippen molar-refractivity contribution >= 4 is 10.9 Å². The number of hydrogen-bond donors (Lipinski definition) is 1. The largest absolute Gasteiger partial charge is 0.485 e. The highest BCUT2D eigenvalue weighted by Gasteiger charge is 2.35. The second-order valence-electron chi connectivity index (χ2n) is 6.91. The van der Waals surface area contributed by atoms with Crippen molar-refractivity contribution in [2.45, 2.75) is 52.2 Å². The van der Waals surface area contributed by atoms with Gasteiger partial charge < -0.3 is 9.84 Å². The van der Waals surface area contributed by atoms with E-state index in [1.165, 1.54) is 0 Å². The molecule has 2 atom stereocenters. The summed E-state index contributed by atoms with van der Waals surface area (Å²) >= 11 is 0. The molecule has 3 rings (SSSR count). The number of aryl methyl sites for hydroxylation is 1. The summed E-state index contributed by atoms with van der Waals surface area (Å²) in [5.74, 6) is 0.776. The van der Waals surface area contributed by atoms with E-state index in [0.29, 0.717) is 0 Å². The molecule has 1 saturated carbocycles. The molecule has 1 fully saturated rings. The van der Waals surface area contributed by atoms with Gasteiger partial charge in [0.05, 0.1) is 6.10 Å². The quantitative estimate of drug-likeness (QED) is 0.911. The van der Waals surface area contributed by atoms with Gasteiger partial charge in [-0.2, -0.15) is 0 Å². The van der Waals surface area contributed by atoms with Gasteiger partial charge in [-0.25, -0.2) is 4.98 Å². The van der Waals surface area contributed by atoms with Gasteiger partial charge in [-0.1, -0.05) is 32.0 Å². The number of benzene rings is 1. The van der Waals surface area contributed by atoms with Gasteiger partial charge in [-0.05, 0) is 43.7 Å². The lowest BCUT2D eigenvalue weighted by Crippen LogP contribution is -2.41. The Bertz CT molecular complexity index is 651. The maximum Gasteiger partial charge on any atom is 0.146 e. The number of aliphatic hydroxyl groups is 1. The zero-order valence-electron chi connectivity index (χ0n) is 13.0. The topological polar surface area (TPSA) is 42.4 Å². The maximum absolute atomic E-state index is 10.2. The van der Waals surface area contributed by atoms with Crippen LogP contribution in [-0.2, 0) is 0 Å². The van der Waals surface area contributed by atoms with Gasteiger partial charge in [0.25, 0.3) is 0 Å². The molecule has 0 aliphatic heterocycles. The third-order valence-corrected chi connectivity index (χ3v) is 4.40. The monoisotopic (exact) mass is 285 g/mol. The lowest BCUT2D eigenvalue weighted by molar-refractivity contribution is -0.0298. The first kappa shape index (κ1) is 14.3. The Balaban J connectivity index is 1.92. The number of hydrogen-bond acceptors (Lipinski definition) is 3. The maximum atomic E-state index is 10.2. The number of pyridine rings is 1. The molecule has 3 nitrogen and oxygen atoms in total. The molecule has 1 heterocycles. The Morgan fingerprint density at radius 2 is 2.05 bits per heavy atom. The van der Waals surface area contributed by atoms with E-state index in [0.717, 1.165) is 41.6 Å². The Labute approximate surface area is 126 Å². The van der Waals surface area contributed by atoms with Crippen LogP contribution in [-0.4, -0.2) is 22.3 Å². The SMILES string of the molecule is Cc1ccc2cccc(OC3CC(C)(C)CCC3O)c2n1. The van der Waals surface area contributed by atoms with Crippen molar-refractivity contribution in [3.05, 3.63) is 36.0 Å². The lowest BCUT2D eigenvalue weighted by atomic mass is 9.75. The van der Waals surface area contributed by atoms with Crippen LogP contribution >= 0.6 is 0 Å². The van der Waals surface area contributed by atoms with E-state index in [-0.39, 0.29) is 11.5 Å². The zero-order chi connectivity index (χ0) is 15.0. The summed E-state index contributed by atoms with van der Waals surface area (Å²) in [4.78, 5) is 4.60. The van der Waals surface area contributed by atoms with Crippen LogP contribution in [0.3, 0.4) is 0 Å². The lowest BCUT2D eigenvalue weighted by Gasteiger charge is -2.38. The van der Waals surface area contributed by atoms with Gasteiger partial charge in [0.15, 0.2) is 0 Å². The van der Waals surface area contributed by atoms with E-state index in [2.05, 4.69) is 24.9 Å². The highest BCUT2D eigenvalue weighted by atomic mass is 16.5. The molecule has 2 aromatic rings. The molecule has 0 spiro atoms. The number of para-hydroxylation sites is 1. The van der Waals surface area contributed by atoms with Gasteiger partial charge in [0.1, 0.15) is 17.4 Å². The van der Waals surface area contributed by atoms with E-state index in [9.17, 15) is 5.11 Å². The third-order valence-electron chi connectivity index (χ3n) is 4.40. The highest BCUT2D eigenvalue weighted by Crippen LogP contribution is 2.38. The van der Waals surface area contributed by atoms with Crippen LogP contribution in [0.4, 0.5) is 0 Å². The minimum atomic E-state index is -0.391. The van der Waals surface area contributed by atoms with Crippen molar-refractivity contribution in [3.63, 3.8) is 0 Å². The Hall–Kier alpha value is -1.61. The number of nitrogens with zero attached hydrogens (tertiary/aromatic N) is 1. The van der Waals surface area contributed by atoms with E-state index in [1.54, 1.807) is 0 Å². The van der Waals surface area contributed by atoms with Crippen molar-refractivity contribution < 1.29 is 9.84 Å². The van der Waals surface area contributed by atoms with Crippen LogP contribution in [0, 0.1) is 12.3 Å². The van der Waals surface area contributed by atoms with E-state index < -0.39 is 6.10 Å². The Morgan fingerprint density at radius 3 is 2.86 bits per heavy atom. The van der Waals surface area contributed by atoms with Gasteiger partial charge >= 0.3 is 0 Å².